The van der Waals surface area contributed by atoms with E-state index in [1.54, 1.807) is 0 Å². The molecule has 0 bridgehead atoms. The molecule has 2 saturated carbocycles. The number of hydrogen-bond donors (Lipinski definition) is 1. The van der Waals surface area contributed by atoms with Gasteiger partial charge in [0.25, 0.3) is 0 Å². The Morgan fingerprint density at radius 2 is 1.92 bits per heavy atom. The van der Waals surface area contributed by atoms with Crippen LogP contribution < -0.4 is 0 Å². The van der Waals surface area contributed by atoms with E-state index < -0.39 is 0 Å². The summed E-state index contributed by atoms with van der Waals surface area (Å²) >= 11 is 0. The molecule has 2 aliphatic carbocycles. The molecule has 0 unspecified atom stereocenters. The monoisotopic (exact) mass is 168 g/mol. The topological polar surface area (TPSA) is 37.3 Å². The minimum atomic E-state index is -0.187. The number of aliphatic hydroxyl groups is 1. The van der Waals surface area contributed by atoms with Crippen LogP contribution in [0.2, 0.25) is 0 Å². The molecule has 3 atom stereocenters. The van der Waals surface area contributed by atoms with Crippen LogP contribution in [0.25, 0.3) is 0 Å². The predicted octanol–water partition coefficient (Wildman–Crippen LogP) is 1.52. The Hall–Kier alpha value is -0.370. The average Bonchev–Trinajstić information content (AvgIpc) is 2.12. The Labute approximate surface area is 73.0 Å². The Balaban J connectivity index is 2.11. The maximum atomic E-state index is 11.5. The van der Waals surface area contributed by atoms with Crippen molar-refractivity contribution in [1.82, 2.24) is 0 Å². The van der Waals surface area contributed by atoms with Gasteiger partial charge in [-0.15, -0.1) is 0 Å². The molecule has 68 valence electrons. The van der Waals surface area contributed by atoms with E-state index in [-0.39, 0.29) is 12.0 Å². The molecule has 0 amide bonds. The third-order valence-electron chi connectivity index (χ3n) is 3.41. The number of ketones is 1. The maximum absolute atomic E-state index is 11.5. The van der Waals surface area contributed by atoms with Gasteiger partial charge in [-0.1, -0.05) is 12.8 Å². The fraction of sp³-hybridized carbons (Fsp3) is 0.900. The van der Waals surface area contributed by atoms with E-state index in [2.05, 4.69) is 0 Å². The van der Waals surface area contributed by atoms with E-state index in [9.17, 15) is 9.90 Å². The van der Waals surface area contributed by atoms with Crippen molar-refractivity contribution >= 4 is 5.78 Å². The van der Waals surface area contributed by atoms with Crippen molar-refractivity contribution in [3.8, 4) is 0 Å². The average molecular weight is 168 g/mol. The van der Waals surface area contributed by atoms with Gasteiger partial charge < -0.3 is 5.11 Å². The van der Waals surface area contributed by atoms with Crippen LogP contribution in [0.4, 0.5) is 0 Å². The van der Waals surface area contributed by atoms with E-state index in [0.717, 1.165) is 12.8 Å². The molecule has 0 aromatic heterocycles. The molecule has 2 nitrogen and oxygen atoms in total. The minimum absolute atomic E-state index is 0.187. The molecule has 0 saturated heterocycles. The maximum Gasteiger partial charge on any atom is 0.136 e. The molecule has 0 radical (unpaired) electrons. The summed E-state index contributed by atoms with van der Waals surface area (Å²) in [5.41, 5.74) is 0. The molecule has 12 heavy (non-hydrogen) atoms. The largest absolute Gasteiger partial charge is 0.393 e. The van der Waals surface area contributed by atoms with Crippen LogP contribution in [-0.2, 0) is 4.79 Å². The zero-order chi connectivity index (χ0) is 8.55. The lowest BCUT2D eigenvalue weighted by atomic mass is 9.69. The summed E-state index contributed by atoms with van der Waals surface area (Å²) < 4.78 is 0. The van der Waals surface area contributed by atoms with Gasteiger partial charge in [0.1, 0.15) is 5.78 Å². The number of Topliss-reactive ketones (excluding diaryl/α,β-unsaturated/α-hetero) is 1. The predicted molar refractivity (Wildman–Crippen MR) is 45.7 cm³/mol. The SMILES string of the molecule is O=C1CC[C@H](O)[C@@H]2CCCC[C@H]12. The summed E-state index contributed by atoms with van der Waals surface area (Å²) in [6.07, 6.45) is 5.61. The van der Waals surface area contributed by atoms with Crippen LogP contribution in [0.3, 0.4) is 0 Å². The summed E-state index contributed by atoms with van der Waals surface area (Å²) in [5.74, 6) is 0.924. The Morgan fingerprint density at radius 1 is 1.17 bits per heavy atom. The van der Waals surface area contributed by atoms with Crippen molar-refractivity contribution < 1.29 is 9.90 Å². The number of aliphatic hydroxyl groups excluding tert-OH is 1. The second kappa shape index (κ2) is 3.17. The van der Waals surface area contributed by atoms with Gasteiger partial charge >= 0.3 is 0 Å². The summed E-state index contributed by atoms with van der Waals surface area (Å²) in [6.45, 7) is 0. The second-order valence-electron chi connectivity index (χ2n) is 4.13. The first-order valence-corrected chi connectivity index (χ1v) is 5.00. The molecule has 0 heterocycles. The molecule has 2 rings (SSSR count). The molecule has 2 fully saturated rings. The fourth-order valence-electron chi connectivity index (χ4n) is 2.71. The van der Waals surface area contributed by atoms with Gasteiger partial charge in [-0.25, -0.2) is 0 Å². The molecule has 2 heteroatoms. The van der Waals surface area contributed by atoms with Crippen molar-refractivity contribution in [2.24, 2.45) is 11.8 Å². The van der Waals surface area contributed by atoms with Crippen molar-refractivity contribution in [2.45, 2.75) is 44.6 Å². The van der Waals surface area contributed by atoms with Gasteiger partial charge in [-0.05, 0) is 25.2 Å². The van der Waals surface area contributed by atoms with E-state index in [1.165, 1.54) is 12.8 Å². The standard InChI is InChI=1S/C10H16O2/c11-9-5-6-10(12)8-4-2-1-3-7(8)9/h7-9,11H,1-6H2/t7-,8+,9+/m1/s1. The number of hydrogen-bond acceptors (Lipinski definition) is 2. The first-order chi connectivity index (χ1) is 5.79. The van der Waals surface area contributed by atoms with E-state index in [4.69, 9.17) is 0 Å². The van der Waals surface area contributed by atoms with Crippen LogP contribution in [-0.4, -0.2) is 17.0 Å². The number of carbonyl (C=O) groups is 1. The molecule has 2 aliphatic rings. The molecular weight excluding hydrogens is 152 g/mol. The number of carbonyl (C=O) groups excluding carboxylic acids is 1. The van der Waals surface area contributed by atoms with Crippen molar-refractivity contribution in [3.63, 3.8) is 0 Å². The normalized spacial score (nSPS) is 42.4. The molecule has 1 N–H and O–H groups in total. The summed E-state index contributed by atoms with van der Waals surface area (Å²) in [6, 6.07) is 0. The quantitative estimate of drug-likeness (QED) is 0.595. The zero-order valence-corrected chi connectivity index (χ0v) is 7.33. The molecular formula is C10H16O2. The van der Waals surface area contributed by atoms with Crippen LogP contribution in [0.5, 0.6) is 0 Å². The first-order valence-electron chi connectivity index (χ1n) is 5.00. The van der Waals surface area contributed by atoms with Crippen LogP contribution in [0.1, 0.15) is 38.5 Å². The second-order valence-corrected chi connectivity index (χ2v) is 4.13. The molecule has 0 aromatic rings. The highest BCUT2D eigenvalue weighted by Gasteiger charge is 2.38. The first kappa shape index (κ1) is 8.24. The lowest BCUT2D eigenvalue weighted by molar-refractivity contribution is -0.132. The molecule has 0 aromatic carbocycles. The van der Waals surface area contributed by atoms with E-state index in [1.807, 2.05) is 0 Å². The Morgan fingerprint density at radius 3 is 2.67 bits per heavy atom. The summed E-state index contributed by atoms with van der Waals surface area (Å²) in [7, 11) is 0. The van der Waals surface area contributed by atoms with Gasteiger partial charge in [0.15, 0.2) is 0 Å². The van der Waals surface area contributed by atoms with Crippen molar-refractivity contribution in [1.29, 1.82) is 0 Å². The highest BCUT2D eigenvalue weighted by atomic mass is 16.3. The van der Waals surface area contributed by atoms with Gasteiger partial charge in [0, 0.05) is 12.3 Å². The van der Waals surface area contributed by atoms with Crippen molar-refractivity contribution in [2.75, 3.05) is 0 Å². The van der Waals surface area contributed by atoms with Crippen LogP contribution in [0, 0.1) is 11.8 Å². The summed E-state index contributed by atoms with van der Waals surface area (Å²) in [5, 5.41) is 9.67. The third kappa shape index (κ3) is 1.28. The lowest BCUT2D eigenvalue weighted by Gasteiger charge is -2.37. The molecule has 0 spiro atoms. The third-order valence-corrected chi connectivity index (χ3v) is 3.41. The number of rotatable bonds is 0. The summed E-state index contributed by atoms with van der Waals surface area (Å²) in [4.78, 5) is 11.5. The highest BCUT2D eigenvalue weighted by Crippen LogP contribution is 2.38. The van der Waals surface area contributed by atoms with Crippen LogP contribution >= 0.6 is 0 Å². The lowest BCUT2D eigenvalue weighted by Crippen LogP contribution is -2.40. The Kier molecular flexibility index (Phi) is 2.18. The number of fused-ring (bicyclic) bond motifs is 1. The van der Waals surface area contributed by atoms with Gasteiger partial charge in [0.05, 0.1) is 6.10 Å². The van der Waals surface area contributed by atoms with E-state index in [0.29, 0.717) is 24.5 Å². The minimum Gasteiger partial charge on any atom is -0.393 e. The van der Waals surface area contributed by atoms with Gasteiger partial charge in [0.2, 0.25) is 0 Å². The van der Waals surface area contributed by atoms with Gasteiger partial charge in [-0.2, -0.15) is 0 Å². The fourth-order valence-corrected chi connectivity index (χ4v) is 2.71. The zero-order valence-electron chi connectivity index (χ0n) is 7.33. The Bertz CT molecular complexity index is 188. The van der Waals surface area contributed by atoms with Gasteiger partial charge in [-0.3, -0.25) is 4.79 Å². The van der Waals surface area contributed by atoms with Crippen LogP contribution in [0.15, 0.2) is 0 Å². The smallest absolute Gasteiger partial charge is 0.136 e. The van der Waals surface area contributed by atoms with E-state index >= 15 is 0 Å². The van der Waals surface area contributed by atoms with Crippen molar-refractivity contribution in [3.05, 3.63) is 0 Å². The highest BCUT2D eigenvalue weighted by molar-refractivity contribution is 5.82. The molecule has 0 aliphatic heterocycles.